The number of nitriles is 1. The van der Waals surface area contributed by atoms with Crippen molar-refractivity contribution in [2.75, 3.05) is 30.4 Å². The Morgan fingerprint density at radius 3 is 2.77 bits per heavy atom. The van der Waals surface area contributed by atoms with Gasteiger partial charge in [0.1, 0.15) is 23.3 Å². The summed E-state index contributed by atoms with van der Waals surface area (Å²) in [5.41, 5.74) is 0.721. The summed E-state index contributed by atoms with van der Waals surface area (Å²) in [7, 11) is 0. The molecule has 3 N–H and O–H groups in total. The van der Waals surface area contributed by atoms with E-state index in [9.17, 15) is 9.90 Å². The molecule has 0 saturated carbocycles. The number of carboxylic acid groups (broad SMARTS) is 1. The minimum atomic E-state index is -1.06. The van der Waals surface area contributed by atoms with Crippen LogP contribution < -0.4 is 10.6 Å². The zero-order valence-electron chi connectivity index (χ0n) is 14.2. The SMILES string of the molecule is CC1(CNc2cc(Nc3cnc(C#N)cn3)ncc2C(=O)O)CCOC1. The second kappa shape index (κ2) is 7.33. The summed E-state index contributed by atoms with van der Waals surface area (Å²) < 4.78 is 5.43. The predicted molar refractivity (Wildman–Crippen MR) is 93.3 cm³/mol. The predicted octanol–water partition coefficient (Wildman–Crippen LogP) is 2.02. The van der Waals surface area contributed by atoms with Gasteiger partial charge in [-0.2, -0.15) is 5.26 Å². The second-order valence-corrected chi connectivity index (χ2v) is 6.41. The maximum Gasteiger partial charge on any atom is 0.339 e. The Labute approximate surface area is 150 Å². The first-order chi connectivity index (χ1) is 12.5. The van der Waals surface area contributed by atoms with E-state index in [4.69, 9.17) is 10.00 Å². The van der Waals surface area contributed by atoms with Gasteiger partial charge in [-0.15, -0.1) is 0 Å². The van der Waals surface area contributed by atoms with Crippen LogP contribution in [0.1, 0.15) is 29.4 Å². The fraction of sp³-hybridized carbons (Fsp3) is 0.353. The Morgan fingerprint density at radius 2 is 2.15 bits per heavy atom. The van der Waals surface area contributed by atoms with Crippen molar-refractivity contribution in [3.8, 4) is 6.07 Å². The number of carboxylic acids is 1. The first kappa shape index (κ1) is 17.6. The van der Waals surface area contributed by atoms with Crippen LogP contribution in [-0.4, -0.2) is 45.8 Å². The average molecular weight is 354 g/mol. The lowest BCUT2D eigenvalue weighted by Gasteiger charge is -2.23. The summed E-state index contributed by atoms with van der Waals surface area (Å²) in [6.07, 6.45) is 4.96. The maximum atomic E-state index is 11.5. The molecule has 1 aliphatic rings. The lowest BCUT2D eigenvalue weighted by atomic mass is 9.90. The van der Waals surface area contributed by atoms with Gasteiger partial charge in [-0.05, 0) is 6.42 Å². The third-order valence-corrected chi connectivity index (χ3v) is 4.16. The van der Waals surface area contributed by atoms with Crippen molar-refractivity contribution in [3.63, 3.8) is 0 Å². The molecule has 134 valence electrons. The van der Waals surface area contributed by atoms with E-state index < -0.39 is 5.97 Å². The molecule has 9 heteroatoms. The molecule has 2 aromatic rings. The number of nitrogens with one attached hydrogen (secondary N) is 2. The zero-order valence-corrected chi connectivity index (χ0v) is 14.2. The van der Waals surface area contributed by atoms with Gasteiger partial charge < -0.3 is 20.5 Å². The van der Waals surface area contributed by atoms with Crippen molar-refractivity contribution in [1.29, 1.82) is 5.26 Å². The molecule has 0 aliphatic carbocycles. The smallest absolute Gasteiger partial charge is 0.339 e. The minimum absolute atomic E-state index is 0.0365. The zero-order chi connectivity index (χ0) is 18.6. The van der Waals surface area contributed by atoms with Gasteiger partial charge in [0.05, 0.1) is 24.7 Å². The topological polar surface area (TPSA) is 133 Å². The van der Waals surface area contributed by atoms with Crippen LogP contribution in [0.5, 0.6) is 0 Å². The monoisotopic (exact) mass is 354 g/mol. The van der Waals surface area contributed by atoms with Gasteiger partial charge in [0.2, 0.25) is 0 Å². The fourth-order valence-electron chi connectivity index (χ4n) is 2.58. The number of anilines is 3. The normalized spacial score (nSPS) is 18.9. The first-order valence-electron chi connectivity index (χ1n) is 8.03. The molecule has 0 spiro atoms. The number of hydrogen-bond donors (Lipinski definition) is 3. The van der Waals surface area contributed by atoms with Crippen LogP contribution >= 0.6 is 0 Å². The number of hydrogen-bond acceptors (Lipinski definition) is 8. The van der Waals surface area contributed by atoms with Gasteiger partial charge >= 0.3 is 5.97 Å². The third-order valence-electron chi connectivity index (χ3n) is 4.16. The van der Waals surface area contributed by atoms with Crippen molar-refractivity contribution in [3.05, 3.63) is 35.9 Å². The number of ether oxygens (including phenoxy) is 1. The van der Waals surface area contributed by atoms with E-state index in [-0.39, 0.29) is 16.7 Å². The number of aromatic carboxylic acids is 1. The van der Waals surface area contributed by atoms with Crippen molar-refractivity contribution in [1.82, 2.24) is 15.0 Å². The highest BCUT2D eigenvalue weighted by molar-refractivity contribution is 5.94. The van der Waals surface area contributed by atoms with Crippen LogP contribution in [0, 0.1) is 16.7 Å². The molecule has 2 aromatic heterocycles. The molecule has 9 nitrogen and oxygen atoms in total. The molecule has 1 atom stereocenters. The molecule has 1 saturated heterocycles. The van der Waals surface area contributed by atoms with Crippen molar-refractivity contribution in [2.24, 2.45) is 5.41 Å². The number of rotatable bonds is 6. The highest BCUT2D eigenvalue weighted by atomic mass is 16.5. The van der Waals surface area contributed by atoms with Crippen LogP contribution in [0.15, 0.2) is 24.7 Å². The van der Waals surface area contributed by atoms with E-state index in [1.54, 1.807) is 6.07 Å². The van der Waals surface area contributed by atoms with Crippen molar-refractivity contribution < 1.29 is 14.6 Å². The Balaban J connectivity index is 1.78. The number of pyridine rings is 1. The quantitative estimate of drug-likeness (QED) is 0.712. The van der Waals surface area contributed by atoms with Crippen LogP contribution in [0.4, 0.5) is 17.3 Å². The molecule has 3 rings (SSSR count). The summed E-state index contributed by atoms with van der Waals surface area (Å²) in [4.78, 5) is 23.6. The first-order valence-corrected chi connectivity index (χ1v) is 8.03. The lowest BCUT2D eigenvalue weighted by molar-refractivity contribution is 0.0697. The van der Waals surface area contributed by atoms with E-state index in [2.05, 4.69) is 32.5 Å². The van der Waals surface area contributed by atoms with E-state index >= 15 is 0 Å². The Bertz CT molecular complexity index is 841. The van der Waals surface area contributed by atoms with Gasteiger partial charge in [0.15, 0.2) is 5.69 Å². The third kappa shape index (κ3) is 4.04. The highest BCUT2D eigenvalue weighted by Gasteiger charge is 2.29. The lowest BCUT2D eigenvalue weighted by Crippen LogP contribution is -2.27. The minimum Gasteiger partial charge on any atom is -0.478 e. The highest BCUT2D eigenvalue weighted by Crippen LogP contribution is 2.29. The Hall–Kier alpha value is -3.25. The van der Waals surface area contributed by atoms with E-state index in [1.165, 1.54) is 18.6 Å². The van der Waals surface area contributed by atoms with Crippen molar-refractivity contribution >= 4 is 23.3 Å². The summed E-state index contributed by atoms with van der Waals surface area (Å²) in [6, 6.07) is 3.51. The maximum absolute atomic E-state index is 11.5. The molecule has 0 amide bonds. The van der Waals surface area contributed by atoms with E-state index in [1.807, 2.05) is 6.07 Å². The number of aromatic nitrogens is 3. The number of nitrogens with zero attached hydrogens (tertiary/aromatic N) is 4. The molecule has 0 radical (unpaired) electrons. The largest absolute Gasteiger partial charge is 0.478 e. The fourth-order valence-corrected chi connectivity index (χ4v) is 2.58. The standard InChI is InChI=1S/C17H18N6O3/c1-17(2-3-26-10-17)9-22-13-4-14(21-7-12(13)16(24)25)23-15-8-19-11(5-18)6-20-15/h4,6-8H,2-3,9-10H2,1H3,(H,24,25)(H2,20,21,22,23). The van der Waals surface area contributed by atoms with E-state index in [0.717, 1.165) is 6.42 Å². The van der Waals surface area contributed by atoms with Crippen LogP contribution in [-0.2, 0) is 4.74 Å². The van der Waals surface area contributed by atoms with Gasteiger partial charge in [-0.1, -0.05) is 6.92 Å². The molecule has 1 aliphatic heterocycles. The molecule has 0 aromatic carbocycles. The molecule has 3 heterocycles. The van der Waals surface area contributed by atoms with Crippen molar-refractivity contribution in [2.45, 2.75) is 13.3 Å². The van der Waals surface area contributed by atoms with Gasteiger partial charge in [-0.25, -0.2) is 19.7 Å². The average Bonchev–Trinajstić information content (AvgIpc) is 3.07. The molecular weight excluding hydrogens is 336 g/mol. The number of carbonyl (C=O) groups is 1. The second-order valence-electron chi connectivity index (χ2n) is 6.41. The molecular formula is C17H18N6O3. The van der Waals surface area contributed by atoms with Gasteiger partial charge in [0, 0.05) is 30.8 Å². The van der Waals surface area contributed by atoms with E-state index in [0.29, 0.717) is 37.1 Å². The van der Waals surface area contributed by atoms with Crippen LogP contribution in [0.3, 0.4) is 0 Å². The molecule has 26 heavy (non-hydrogen) atoms. The Morgan fingerprint density at radius 1 is 1.35 bits per heavy atom. The molecule has 1 unspecified atom stereocenters. The summed E-state index contributed by atoms with van der Waals surface area (Å²) in [6.45, 7) is 4.04. The molecule has 0 bridgehead atoms. The summed E-state index contributed by atoms with van der Waals surface area (Å²) in [5, 5.41) is 24.3. The van der Waals surface area contributed by atoms with Crippen LogP contribution in [0.2, 0.25) is 0 Å². The molecule has 1 fully saturated rings. The van der Waals surface area contributed by atoms with Crippen LogP contribution in [0.25, 0.3) is 0 Å². The summed E-state index contributed by atoms with van der Waals surface area (Å²) >= 11 is 0. The van der Waals surface area contributed by atoms with Gasteiger partial charge in [-0.3, -0.25) is 0 Å². The Kier molecular flexibility index (Phi) is 4.95. The van der Waals surface area contributed by atoms with Gasteiger partial charge in [0.25, 0.3) is 0 Å². The summed E-state index contributed by atoms with van der Waals surface area (Å²) in [5.74, 6) is -0.233.